The lowest BCUT2D eigenvalue weighted by atomic mass is 10.1. The van der Waals surface area contributed by atoms with Gasteiger partial charge in [0.15, 0.2) is 0 Å². The van der Waals surface area contributed by atoms with Gasteiger partial charge in [-0.05, 0) is 77.0 Å². The molecule has 0 aliphatic rings. The highest BCUT2D eigenvalue weighted by atomic mass is 31.2. The van der Waals surface area contributed by atoms with Gasteiger partial charge in [0.05, 0.1) is 34.4 Å². The van der Waals surface area contributed by atoms with Gasteiger partial charge in [0, 0.05) is 13.0 Å². The fourth-order valence-electron chi connectivity index (χ4n) is 5.47. The summed E-state index contributed by atoms with van der Waals surface area (Å²) in [6.07, 6.45) is 46.6. The van der Waals surface area contributed by atoms with E-state index >= 15 is 0 Å². The molecule has 0 amide bonds. The lowest BCUT2D eigenvalue weighted by Gasteiger charge is -2.28. The van der Waals surface area contributed by atoms with Crippen molar-refractivity contribution in [2.45, 2.75) is 168 Å². The first kappa shape index (κ1) is 52.2. The van der Waals surface area contributed by atoms with Crippen LogP contribution in [0.5, 0.6) is 0 Å². The number of allylic oxidation sites excluding steroid dienone is 10. The van der Waals surface area contributed by atoms with Gasteiger partial charge in [0.1, 0.15) is 19.3 Å². The molecule has 54 heavy (non-hydrogen) atoms. The predicted octanol–water partition coefficient (Wildman–Crippen LogP) is 11.9. The first-order valence-corrected chi connectivity index (χ1v) is 23.0. The Hall–Kier alpha value is -1.80. The summed E-state index contributed by atoms with van der Waals surface area (Å²) in [5, 5.41) is 0. The number of phosphoric ester groups is 1. The summed E-state index contributed by atoms with van der Waals surface area (Å²) in [4.78, 5) is 25.0. The third-order valence-corrected chi connectivity index (χ3v) is 9.77. The number of hydrogen-bond acceptors (Lipinski definition) is 7. The molecule has 0 bridgehead atoms. The Kier molecular flexibility index (Phi) is 36.8. The van der Waals surface area contributed by atoms with Crippen LogP contribution in [-0.4, -0.2) is 70.7 Å². The van der Waals surface area contributed by atoms with Crippen molar-refractivity contribution in [3.05, 3.63) is 60.8 Å². The Morgan fingerprint density at radius 1 is 0.593 bits per heavy atom. The Labute approximate surface area is 332 Å². The number of unbranched alkanes of at least 4 members (excludes halogenated alkanes) is 15. The lowest BCUT2D eigenvalue weighted by Crippen LogP contribution is -2.37. The highest BCUT2D eigenvalue weighted by molar-refractivity contribution is 7.45. The van der Waals surface area contributed by atoms with Gasteiger partial charge in [-0.25, -0.2) is 0 Å². The van der Waals surface area contributed by atoms with Gasteiger partial charge in [-0.15, -0.1) is 0 Å². The van der Waals surface area contributed by atoms with E-state index in [0.29, 0.717) is 24.1 Å². The summed E-state index contributed by atoms with van der Waals surface area (Å²) in [5.41, 5.74) is 0. The minimum absolute atomic E-state index is 0.0196. The SMILES string of the molecule is CC/C=C\C/C=C\C/C=C\C/C=C\CCCCCCCCCOCC(COP(=O)([O-])OCC[N+](C)(C)C)OC(=O)CCCCCCC/C=C\CCCCC. The third-order valence-electron chi connectivity index (χ3n) is 8.80. The molecular formula is C45H82NO7P. The molecule has 0 aromatic carbocycles. The van der Waals surface area contributed by atoms with Crippen LogP contribution in [0.3, 0.4) is 0 Å². The van der Waals surface area contributed by atoms with E-state index in [4.69, 9.17) is 18.5 Å². The van der Waals surface area contributed by atoms with Gasteiger partial charge in [-0.1, -0.05) is 139 Å². The van der Waals surface area contributed by atoms with E-state index in [1.807, 2.05) is 21.1 Å². The summed E-state index contributed by atoms with van der Waals surface area (Å²) < 4.78 is 34.5. The van der Waals surface area contributed by atoms with Crippen molar-refractivity contribution in [1.82, 2.24) is 0 Å². The van der Waals surface area contributed by atoms with E-state index in [1.165, 1.54) is 57.8 Å². The average molecular weight is 780 g/mol. The molecular weight excluding hydrogens is 697 g/mol. The number of carbonyl (C=O) groups excluding carboxylic acids is 1. The monoisotopic (exact) mass is 780 g/mol. The molecule has 0 heterocycles. The Bertz CT molecular complexity index is 1050. The van der Waals surface area contributed by atoms with Crippen LogP contribution in [0.4, 0.5) is 0 Å². The highest BCUT2D eigenvalue weighted by Crippen LogP contribution is 2.38. The van der Waals surface area contributed by atoms with Crippen molar-refractivity contribution in [1.29, 1.82) is 0 Å². The zero-order chi connectivity index (χ0) is 39.9. The minimum Gasteiger partial charge on any atom is -0.756 e. The van der Waals surface area contributed by atoms with Crippen LogP contribution >= 0.6 is 7.82 Å². The Balaban J connectivity index is 4.25. The standard InChI is InChI=1S/C45H82NO7P/c1-6-8-10-12-14-16-18-20-21-22-23-24-25-26-27-29-31-33-35-37-40-50-42-44(43-52-54(48,49)51-41-39-46(3,4)5)53-45(47)38-36-34-32-30-28-19-17-15-13-11-9-7-2/h8,10,14-17,20-21,23-24,44H,6-7,9,11-13,18-19,22,25-43H2,1-5H3/b10-8-,16-14-,17-15-,21-20-,24-23-. The van der Waals surface area contributed by atoms with Gasteiger partial charge < -0.3 is 27.9 Å². The van der Waals surface area contributed by atoms with E-state index in [1.54, 1.807) is 0 Å². The number of carbonyl (C=O) groups is 1. The molecule has 8 nitrogen and oxygen atoms in total. The maximum Gasteiger partial charge on any atom is 0.306 e. The molecule has 9 heteroatoms. The minimum atomic E-state index is -4.53. The largest absolute Gasteiger partial charge is 0.756 e. The van der Waals surface area contributed by atoms with Crippen LogP contribution in [0.2, 0.25) is 0 Å². The fourth-order valence-corrected chi connectivity index (χ4v) is 6.20. The van der Waals surface area contributed by atoms with Crippen LogP contribution in [0.1, 0.15) is 162 Å². The maximum atomic E-state index is 12.6. The van der Waals surface area contributed by atoms with Crippen molar-refractivity contribution in [2.75, 3.05) is 54.1 Å². The van der Waals surface area contributed by atoms with Gasteiger partial charge in [0.2, 0.25) is 0 Å². The second-order valence-electron chi connectivity index (χ2n) is 15.3. The molecule has 0 aliphatic carbocycles. The molecule has 0 aliphatic heterocycles. The number of quaternary nitrogens is 1. The lowest BCUT2D eigenvalue weighted by molar-refractivity contribution is -0.870. The zero-order valence-corrected chi connectivity index (χ0v) is 36.3. The molecule has 0 radical (unpaired) electrons. The van der Waals surface area contributed by atoms with Crippen LogP contribution in [-0.2, 0) is 27.9 Å². The zero-order valence-electron chi connectivity index (χ0n) is 35.4. The van der Waals surface area contributed by atoms with E-state index in [2.05, 4.69) is 74.6 Å². The summed E-state index contributed by atoms with van der Waals surface area (Å²) in [6, 6.07) is 0. The quantitative estimate of drug-likeness (QED) is 0.0202. The Morgan fingerprint density at radius 2 is 1.07 bits per heavy atom. The van der Waals surface area contributed by atoms with Crippen LogP contribution in [0, 0.1) is 0 Å². The molecule has 2 unspecified atom stereocenters. The molecule has 0 spiro atoms. The number of esters is 1. The number of hydrogen-bond donors (Lipinski definition) is 0. The van der Waals surface area contributed by atoms with Gasteiger partial charge in [0.25, 0.3) is 7.82 Å². The predicted molar refractivity (Wildman–Crippen MR) is 226 cm³/mol. The summed E-state index contributed by atoms with van der Waals surface area (Å²) in [6.45, 7) is 5.22. The van der Waals surface area contributed by atoms with E-state index in [-0.39, 0.29) is 25.8 Å². The third kappa shape index (κ3) is 41.4. The van der Waals surface area contributed by atoms with Crippen LogP contribution in [0.15, 0.2) is 60.8 Å². The Morgan fingerprint density at radius 3 is 1.63 bits per heavy atom. The average Bonchev–Trinajstić information content (AvgIpc) is 3.12. The first-order chi connectivity index (χ1) is 26.1. The molecule has 0 rings (SSSR count). The van der Waals surface area contributed by atoms with Gasteiger partial charge in [-0.2, -0.15) is 0 Å². The second-order valence-corrected chi connectivity index (χ2v) is 16.7. The molecule has 0 fully saturated rings. The smallest absolute Gasteiger partial charge is 0.306 e. The number of rotatable bonds is 39. The summed E-state index contributed by atoms with van der Waals surface area (Å²) in [7, 11) is 1.33. The first-order valence-electron chi connectivity index (χ1n) is 21.5. The molecule has 0 aromatic rings. The second kappa shape index (κ2) is 38.1. The number of likely N-dealkylation sites (N-methyl/N-ethyl adjacent to an activating group) is 1. The van der Waals surface area contributed by atoms with Crippen LogP contribution in [0.25, 0.3) is 0 Å². The highest BCUT2D eigenvalue weighted by Gasteiger charge is 2.20. The van der Waals surface area contributed by atoms with E-state index in [0.717, 1.165) is 83.5 Å². The van der Waals surface area contributed by atoms with Crippen molar-refractivity contribution >= 4 is 13.8 Å². The molecule has 314 valence electrons. The van der Waals surface area contributed by atoms with Crippen LogP contribution < -0.4 is 4.89 Å². The molecule has 0 saturated carbocycles. The fraction of sp³-hybridized carbons (Fsp3) is 0.756. The van der Waals surface area contributed by atoms with E-state index < -0.39 is 13.9 Å². The molecule has 2 atom stereocenters. The number of ether oxygens (including phenoxy) is 2. The normalized spacial score (nSPS) is 14.4. The van der Waals surface area contributed by atoms with Gasteiger partial charge in [-0.3, -0.25) is 9.36 Å². The molecule has 0 N–H and O–H groups in total. The summed E-state index contributed by atoms with van der Waals surface area (Å²) >= 11 is 0. The maximum absolute atomic E-state index is 12.6. The molecule has 0 saturated heterocycles. The number of nitrogens with zero attached hydrogens (tertiary/aromatic N) is 1. The van der Waals surface area contributed by atoms with Crippen molar-refractivity contribution < 1.29 is 37.3 Å². The van der Waals surface area contributed by atoms with Gasteiger partial charge >= 0.3 is 5.97 Å². The number of phosphoric acid groups is 1. The van der Waals surface area contributed by atoms with Crippen molar-refractivity contribution in [3.63, 3.8) is 0 Å². The van der Waals surface area contributed by atoms with Crippen molar-refractivity contribution in [2.24, 2.45) is 0 Å². The molecule has 0 aromatic heterocycles. The summed E-state index contributed by atoms with van der Waals surface area (Å²) in [5.74, 6) is -0.351. The van der Waals surface area contributed by atoms with Crippen molar-refractivity contribution in [3.8, 4) is 0 Å². The topological polar surface area (TPSA) is 94.1 Å². The van der Waals surface area contributed by atoms with E-state index in [9.17, 15) is 14.3 Å².